The summed E-state index contributed by atoms with van der Waals surface area (Å²) in [5.74, 6) is -0.468. The fourth-order valence-corrected chi connectivity index (χ4v) is 3.90. The number of carbonyl (C=O) groups is 1. The van der Waals surface area contributed by atoms with Gasteiger partial charge in [-0.15, -0.1) is 10.2 Å². The zero-order valence-corrected chi connectivity index (χ0v) is 16.1. The number of benzene rings is 1. The van der Waals surface area contributed by atoms with Crippen LogP contribution in [0.5, 0.6) is 0 Å². The maximum absolute atomic E-state index is 12.4. The molecule has 1 amide bonds. The number of anilines is 2. The van der Waals surface area contributed by atoms with Gasteiger partial charge in [0.15, 0.2) is 0 Å². The average Bonchev–Trinajstić information content (AvgIpc) is 3.03. The number of hydrogen-bond acceptors (Lipinski definition) is 6. The SMILES string of the molecule is CCCCc1ccc(NS(=O)(=O)c2nnc(NC(=O)C(C)C)s2)cc1. The van der Waals surface area contributed by atoms with Crippen LogP contribution >= 0.6 is 11.3 Å². The summed E-state index contributed by atoms with van der Waals surface area (Å²) in [5, 5.41) is 10.1. The van der Waals surface area contributed by atoms with Crippen molar-refractivity contribution >= 4 is 38.1 Å². The van der Waals surface area contributed by atoms with Crippen molar-refractivity contribution in [2.24, 2.45) is 5.92 Å². The minimum Gasteiger partial charge on any atom is -0.300 e. The zero-order valence-electron chi connectivity index (χ0n) is 14.4. The van der Waals surface area contributed by atoms with Gasteiger partial charge in [-0.3, -0.25) is 9.52 Å². The molecule has 0 aliphatic carbocycles. The molecule has 2 aromatic rings. The molecule has 2 N–H and O–H groups in total. The molecular formula is C16H22N4O3S2. The molecule has 0 fully saturated rings. The van der Waals surface area contributed by atoms with E-state index in [1.165, 1.54) is 5.56 Å². The highest BCUT2D eigenvalue weighted by molar-refractivity contribution is 7.94. The third-order valence-electron chi connectivity index (χ3n) is 3.42. The highest BCUT2D eigenvalue weighted by Gasteiger charge is 2.21. The summed E-state index contributed by atoms with van der Waals surface area (Å²) in [6.07, 6.45) is 3.18. The summed E-state index contributed by atoms with van der Waals surface area (Å²) in [6.45, 7) is 5.60. The van der Waals surface area contributed by atoms with Crippen LogP contribution in [-0.2, 0) is 21.2 Å². The topological polar surface area (TPSA) is 101 Å². The Hall–Kier alpha value is -2.00. The van der Waals surface area contributed by atoms with E-state index < -0.39 is 10.0 Å². The Morgan fingerprint density at radius 1 is 1.20 bits per heavy atom. The van der Waals surface area contributed by atoms with Crippen LogP contribution < -0.4 is 10.0 Å². The first-order valence-electron chi connectivity index (χ1n) is 8.08. The molecule has 0 saturated heterocycles. The molecule has 2 rings (SSSR count). The normalized spacial score (nSPS) is 11.5. The molecule has 0 aliphatic rings. The second kappa shape index (κ2) is 8.39. The van der Waals surface area contributed by atoms with Gasteiger partial charge in [0.2, 0.25) is 11.0 Å². The smallest absolute Gasteiger partial charge is 0.291 e. The van der Waals surface area contributed by atoms with E-state index in [1.807, 2.05) is 12.1 Å². The van der Waals surface area contributed by atoms with Crippen LogP contribution in [0.25, 0.3) is 0 Å². The van der Waals surface area contributed by atoms with E-state index in [2.05, 4.69) is 27.2 Å². The van der Waals surface area contributed by atoms with Gasteiger partial charge in [0, 0.05) is 11.6 Å². The second-order valence-electron chi connectivity index (χ2n) is 5.92. The molecule has 0 aliphatic heterocycles. The lowest BCUT2D eigenvalue weighted by Gasteiger charge is -2.06. The van der Waals surface area contributed by atoms with E-state index in [9.17, 15) is 13.2 Å². The van der Waals surface area contributed by atoms with Gasteiger partial charge >= 0.3 is 0 Å². The quantitative estimate of drug-likeness (QED) is 0.682. The van der Waals surface area contributed by atoms with Crippen LogP contribution in [0.15, 0.2) is 28.6 Å². The Morgan fingerprint density at radius 2 is 1.88 bits per heavy atom. The van der Waals surface area contributed by atoms with Crippen molar-refractivity contribution in [2.45, 2.75) is 44.4 Å². The van der Waals surface area contributed by atoms with Crippen LogP contribution in [0.4, 0.5) is 10.8 Å². The summed E-state index contributed by atoms with van der Waals surface area (Å²) in [5.41, 5.74) is 1.63. The number of unbranched alkanes of at least 4 members (excludes halogenated alkanes) is 1. The van der Waals surface area contributed by atoms with Crippen molar-refractivity contribution in [3.63, 3.8) is 0 Å². The Balaban J connectivity index is 2.06. The number of amides is 1. The van der Waals surface area contributed by atoms with E-state index in [-0.39, 0.29) is 21.3 Å². The molecule has 9 heteroatoms. The fraction of sp³-hybridized carbons (Fsp3) is 0.438. The molecule has 0 bridgehead atoms. The van der Waals surface area contributed by atoms with Crippen molar-refractivity contribution in [1.29, 1.82) is 0 Å². The van der Waals surface area contributed by atoms with E-state index in [0.29, 0.717) is 5.69 Å². The zero-order chi connectivity index (χ0) is 18.4. The Bertz CT molecular complexity index is 814. The van der Waals surface area contributed by atoms with Gasteiger partial charge in [-0.25, -0.2) is 0 Å². The molecule has 1 aromatic carbocycles. The minimum atomic E-state index is -3.83. The van der Waals surface area contributed by atoms with E-state index in [0.717, 1.165) is 30.6 Å². The first-order chi connectivity index (χ1) is 11.8. The lowest BCUT2D eigenvalue weighted by molar-refractivity contribution is -0.118. The van der Waals surface area contributed by atoms with E-state index in [1.54, 1.807) is 26.0 Å². The molecule has 0 atom stereocenters. The fourth-order valence-electron chi connectivity index (χ4n) is 1.94. The molecular weight excluding hydrogens is 360 g/mol. The second-order valence-corrected chi connectivity index (χ2v) is 8.76. The van der Waals surface area contributed by atoms with Gasteiger partial charge in [0.25, 0.3) is 14.4 Å². The molecule has 7 nitrogen and oxygen atoms in total. The first kappa shape index (κ1) is 19.3. The van der Waals surface area contributed by atoms with Crippen molar-refractivity contribution in [3.8, 4) is 0 Å². The van der Waals surface area contributed by atoms with Gasteiger partial charge < -0.3 is 5.32 Å². The largest absolute Gasteiger partial charge is 0.300 e. The van der Waals surface area contributed by atoms with Crippen LogP contribution in [0, 0.1) is 5.92 Å². The minimum absolute atomic E-state index is 0.161. The van der Waals surface area contributed by atoms with Gasteiger partial charge in [0.05, 0.1) is 0 Å². The van der Waals surface area contributed by atoms with Crippen LogP contribution in [-0.4, -0.2) is 24.5 Å². The third kappa shape index (κ3) is 5.50. The van der Waals surface area contributed by atoms with E-state index >= 15 is 0 Å². The summed E-state index contributed by atoms with van der Waals surface area (Å²) in [7, 11) is -3.83. The number of rotatable bonds is 8. The van der Waals surface area contributed by atoms with Gasteiger partial charge in [-0.1, -0.05) is 50.7 Å². The molecule has 1 aromatic heterocycles. The highest BCUT2D eigenvalue weighted by atomic mass is 32.2. The number of nitrogens with one attached hydrogen (secondary N) is 2. The molecule has 0 unspecified atom stereocenters. The van der Waals surface area contributed by atoms with Crippen molar-refractivity contribution in [2.75, 3.05) is 10.0 Å². The summed E-state index contributed by atoms with van der Waals surface area (Å²) >= 11 is 0.814. The standard InChI is InChI=1S/C16H22N4O3S2/c1-4-5-6-12-7-9-13(10-8-12)20-25(22,23)16-19-18-15(24-16)17-14(21)11(2)3/h7-11,20H,4-6H2,1-3H3,(H,17,18,21). The van der Waals surface area contributed by atoms with Gasteiger partial charge in [-0.2, -0.15) is 8.42 Å². The van der Waals surface area contributed by atoms with Crippen LogP contribution in [0.1, 0.15) is 39.2 Å². The van der Waals surface area contributed by atoms with Crippen molar-refractivity contribution in [3.05, 3.63) is 29.8 Å². The molecule has 0 radical (unpaired) electrons. The van der Waals surface area contributed by atoms with E-state index in [4.69, 9.17) is 0 Å². The number of aryl methyl sites for hydroxylation is 1. The van der Waals surface area contributed by atoms with Crippen molar-refractivity contribution in [1.82, 2.24) is 10.2 Å². The lowest BCUT2D eigenvalue weighted by atomic mass is 10.1. The lowest BCUT2D eigenvalue weighted by Crippen LogP contribution is -2.17. The first-order valence-corrected chi connectivity index (χ1v) is 10.4. The average molecular weight is 383 g/mol. The Labute approximate surface area is 151 Å². The maximum atomic E-state index is 12.4. The number of carbonyl (C=O) groups excluding carboxylic acids is 1. The molecule has 0 spiro atoms. The molecule has 0 saturated carbocycles. The predicted octanol–water partition coefficient (Wildman–Crippen LogP) is 3.28. The Morgan fingerprint density at radius 3 is 2.48 bits per heavy atom. The number of sulfonamides is 1. The number of hydrogen-bond donors (Lipinski definition) is 2. The monoisotopic (exact) mass is 382 g/mol. The molecule has 1 heterocycles. The van der Waals surface area contributed by atoms with Crippen molar-refractivity contribution < 1.29 is 13.2 Å². The predicted molar refractivity (Wildman–Crippen MR) is 99.2 cm³/mol. The highest BCUT2D eigenvalue weighted by Crippen LogP contribution is 2.23. The van der Waals surface area contributed by atoms with Crippen LogP contribution in [0.2, 0.25) is 0 Å². The summed E-state index contributed by atoms with van der Waals surface area (Å²) < 4.78 is 27.0. The molecule has 136 valence electrons. The van der Waals surface area contributed by atoms with Gasteiger partial charge in [-0.05, 0) is 30.5 Å². The number of nitrogens with zero attached hydrogens (tertiary/aromatic N) is 2. The summed E-state index contributed by atoms with van der Waals surface area (Å²) in [4.78, 5) is 11.6. The Kier molecular flexibility index (Phi) is 6.49. The van der Waals surface area contributed by atoms with Crippen LogP contribution in [0.3, 0.4) is 0 Å². The number of aromatic nitrogens is 2. The molecule has 25 heavy (non-hydrogen) atoms. The maximum Gasteiger partial charge on any atom is 0.291 e. The summed E-state index contributed by atoms with van der Waals surface area (Å²) in [6, 6.07) is 7.26. The third-order valence-corrected chi connectivity index (χ3v) is 6.00. The van der Waals surface area contributed by atoms with Gasteiger partial charge in [0.1, 0.15) is 0 Å².